The maximum atomic E-state index is 13.0. The standard InChI is InChI=1S/C18H22N2O5S2/c1-19(13-14-4-3-11-26-14)27(22,23)15-5-6-17(24-2)16(12-15)18(21)20-7-9-25-10-8-20/h3-6,11-12H,7-10,13H2,1-2H3. The predicted octanol–water partition coefficient (Wildman–Crippen LogP) is 2.05. The summed E-state index contributed by atoms with van der Waals surface area (Å²) < 4.78 is 37.7. The van der Waals surface area contributed by atoms with Gasteiger partial charge in [0, 0.05) is 31.6 Å². The van der Waals surface area contributed by atoms with Gasteiger partial charge in [0.15, 0.2) is 0 Å². The molecule has 1 fully saturated rings. The number of thiophene rings is 1. The molecule has 27 heavy (non-hydrogen) atoms. The molecule has 1 aromatic heterocycles. The zero-order chi connectivity index (χ0) is 19.4. The van der Waals surface area contributed by atoms with Crippen LogP contribution in [-0.4, -0.2) is 64.0 Å². The van der Waals surface area contributed by atoms with Crippen LogP contribution in [0, 0.1) is 0 Å². The molecule has 1 aliphatic heterocycles. The lowest BCUT2D eigenvalue weighted by Crippen LogP contribution is -2.40. The Morgan fingerprint density at radius 2 is 2.04 bits per heavy atom. The van der Waals surface area contributed by atoms with Crippen LogP contribution in [0.1, 0.15) is 15.2 Å². The second-order valence-corrected chi connectivity index (χ2v) is 9.18. The predicted molar refractivity (Wildman–Crippen MR) is 103 cm³/mol. The number of hydrogen-bond donors (Lipinski definition) is 0. The second kappa shape index (κ2) is 8.39. The van der Waals surface area contributed by atoms with E-state index in [1.54, 1.807) is 4.90 Å². The lowest BCUT2D eigenvalue weighted by Gasteiger charge is -2.27. The van der Waals surface area contributed by atoms with Crippen molar-refractivity contribution in [3.8, 4) is 5.75 Å². The first kappa shape index (κ1) is 19.8. The normalized spacial score (nSPS) is 15.1. The Labute approximate surface area is 163 Å². The maximum absolute atomic E-state index is 13.0. The molecule has 0 radical (unpaired) electrons. The van der Waals surface area contributed by atoms with Crippen molar-refractivity contribution in [3.63, 3.8) is 0 Å². The van der Waals surface area contributed by atoms with Gasteiger partial charge >= 0.3 is 0 Å². The zero-order valence-corrected chi connectivity index (χ0v) is 16.9. The van der Waals surface area contributed by atoms with Crippen LogP contribution in [-0.2, 0) is 21.3 Å². The van der Waals surface area contributed by atoms with E-state index in [-0.39, 0.29) is 22.9 Å². The number of carbonyl (C=O) groups excluding carboxylic acids is 1. The number of hydrogen-bond acceptors (Lipinski definition) is 6. The van der Waals surface area contributed by atoms with Gasteiger partial charge in [0.05, 0.1) is 30.8 Å². The van der Waals surface area contributed by atoms with Crippen molar-refractivity contribution < 1.29 is 22.7 Å². The third-order valence-electron chi connectivity index (χ3n) is 4.37. The number of morpholine rings is 1. The largest absolute Gasteiger partial charge is 0.496 e. The first-order valence-electron chi connectivity index (χ1n) is 8.47. The first-order valence-corrected chi connectivity index (χ1v) is 10.8. The van der Waals surface area contributed by atoms with Gasteiger partial charge in [-0.05, 0) is 29.6 Å². The smallest absolute Gasteiger partial charge is 0.257 e. The van der Waals surface area contributed by atoms with Crippen LogP contribution in [0.15, 0.2) is 40.6 Å². The first-order chi connectivity index (χ1) is 12.9. The molecule has 2 heterocycles. The molecule has 1 aromatic carbocycles. The van der Waals surface area contributed by atoms with Gasteiger partial charge in [0.2, 0.25) is 10.0 Å². The number of nitrogens with zero attached hydrogens (tertiary/aromatic N) is 2. The van der Waals surface area contributed by atoms with Crippen molar-refractivity contribution in [3.05, 3.63) is 46.2 Å². The van der Waals surface area contributed by atoms with Crippen molar-refractivity contribution in [2.45, 2.75) is 11.4 Å². The van der Waals surface area contributed by atoms with Gasteiger partial charge in [-0.3, -0.25) is 4.79 Å². The Morgan fingerprint density at radius 1 is 1.30 bits per heavy atom. The van der Waals surface area contributed by atoms with Crippen LogP contribution in [0.25, 0.3) is 0 Å². The minimum Gasteiger partial charge on any atom is -0.496 e. The fourth-order valence-electron chi connectivity index (χ4n) is 2.84. The summed E-state index contributed by atoms with van der Waals surface area (Å²) >= 11 is 1.50. The van der Waals surface area contributed by atoms with Crippen molar-refractivity contribution in [1.29, 1.82) is 0 Å². The minimum atomic E-state index is -3.74. The summed E-state index contributed by atoms with van der Waals surface area (Å²) in [4.78, 5) is 15.5. The van der Waals surface area contributed by atoms with E-state index < -0.39 is 10.0 Å². The Hall–Kier alpha value is -1.94. The van der Waals surface area contributed by atoms with Gasteiger partial charge in [-0.25, -0.2) is 8.42 Å². The summed E-state index contributed by atoms with van der Waals surface area (Å²) in [7, 11) is -0.746. The molecule has 0 saturated carbocycles. The Bertz CT molecular complexity index is 890. The van der Waals surface area contributed by atoms with E-state index in [0.29, 0.717) is 32.1 Å². The molecule has 0 unspecified atom stereocenters. The average Bonchev–Trinajstić information content (AvgIpc) is 3.20. The van der Waals surface area contributed by atoms with Gasteiger partial charge < -0.3 is 14.4 Å². The number of sulfonamides is 1. The van der Waals surface area contributed by atoms with E-state index in [1.165, 1.54) is 48.0 Å². The van der Waals surface area contributed by atoms with Crippen LogP contribution in [0.2, 0.25) is 0 Å². The Morgan fingerprint density at radius 3 is 2.67 bits per heavy atom. The molecule has 3 rings (SSSR count). The zero-order valence-electron chi connectivity index (χ0n) is 15.3. The SMILES string of the molecule is COc1ccc(S(=O)(=O)N(C)Cc2cccs2)cc1C(=O)N1CCOCC1. The van der Waals surface area contributed by atoms with Gasteiger partial charge in [0.1, 0.15) is 5.75 Å². The van der Waals surface area contributed by atoms with E-state index in [4.69, 9.17) is 9.47 Å². The number of rotatable bonds is 6. The van der Waals surface area contributed by atoms with Crippen LogP contribution >= 0.6 is 11.3 Å². The number of methoxy groups -OCH3 is 1. The van der Waals surface area contributed by atoms with Crippen molar-refractivity contribution in [1.82, 2.24) is 9.21 Å². The lowest BCUT2D eigenvalue weighted by atomic mass is 10.1. The summed E-state index contributed by atoms with van der Waals surface area (Å²) in [5.74, 6) is 0.0967. The molecule has 1 aliphatic rings. The van der Waals surface area contributed by atoms with Gasteiger partial charge in [0.25, 0.3) is 5.91 Å². The van der Waals surface area contributed by atoms with E-state index in [0.717, 1.165) is 4.88 Å². The number of benzene rings is 1. The summed E-state index contributed by atoms with van der Waals surface area (Å²) in [6, 6.07) is 8.16. The highest BCUT2D eigenvalue weighted by atomic mass is 32.2. The van der Waals surface area contributed by atoms with E-state index in [1.807, 2.05) is 17.5 Å². The molecular formula is C18H22N2O5S2. The Balaban J connectivity index is 1.90. The van der Waals surface area contributed by atoms with Crippen LogP contribution in [0.5, 0.6) is 5.75 Å². The van der Waals surface area contributed by atoms with Crippen molar-refractivity contribution in [2.24, 2.45) is 0 Å². The molecule has 0 N–H and O–H groups in total. The fourth-order valence-corrected chi connectivity index (χ4v) is 4.85. The molecule has 0 bridgehead atoms. The average molecular weight is 411 g/mol. The summed E-state index contributed by atoms with van der Waals surface area (Å²) in [6.45, 7) is 2.15. The number of carbonyl (C=O) groups is 1. The molecule has 0 atom stereocenters. The topological polar surface area (TPSA) is 76.2 Å². The van der Waals surface area contributed by atoms with E-state index in [2.05, 4.69) is 0 Å². The van der Waals surface area contributed by atoms with E-state index >= 15 is 0 Å². The number of ether oxygens (including phenoxy) is 2. The Kier molecular flexibility index (Phi) is 6.15. The highest BCUT2D eigenvalue weighted by Gasteiger charge is 2.27. The highest BCUT2D eigenvalue weighted by Crippen LogP contribution is 2.26. The van der Waals surface area contributed by atoms with Gasteiger partial charge in [-0.1, -0.05) is 6.07 Å². The third-order valence-corrected chi connectivity index (χ3v) is 7.03. The molecule has 2 aromatic rings. The maximum Gasteiger partial charge on any atom is 0.257 e. The van der Waals surface area contributed by atoms with Crippen LogP contribution in [0.4, 0.5) is 0 Å². The fraction of sp³-hybridized carbons (Fsp3) is 0.389. The quantitative estimate of drug-likeness (QED) is 0.729. The van der Waals surface area contributed by atoms with Gasteiger partial charge in [-0.2, -0.15) is 4.31 Å². The molecule has 146 valence electrons. The van der Waals surface area contributed by atoms with Crippen molar-refractivity contribution >= 4 is 27.3 Å². The molecule has 0 spiro atoms. The molecule has 0 aliphatic carbocycles. The molecule has 9 heteroatoms. The molecular weight excluding hydrogens is 388 g/mol. The van der Waals surface area contributed by atoms with Crippen molar-refractivity contribution in [2.75, 3.05) is 40.5 Å². The molecule has 1 amide bonds. The highest BCUT2D eigenvalue weighted by molar-refractivity contribution is 7.89. The lowest BCUT2D eigenvalue weighted by molar-refractivity contribution is 0.0300. The third kappa shape index (κ3) is 4.32. The molecule has 1 saturated heterocycles. The molecule has 7 nitrogen and oxygen atoms in total. The summed E-state index contributed by atoms with van der Waals surface area (Å²) in [6.07, 6.45) is 0. The van der Waals surface area contributed by atoms with Gasteiger partial charge in [-0.15, -0.1) is 11.3 Å². The summed E-state index contributed by atoms with van der Waals surface area (Å²) in [5, 5.41) is 1.91. The minimum absolute atomic E-state index is 0.0685. The number of amides is 1. The van der Waals surface area contributed by atoms with Crippen LogP contribution < -0.4 is 4.74 Å². The monoisotopic (exact) mass is 410 g/mol. The second-order valence-electron chi connectivity index (χ2n) is 6.11. The van der Waals surface area contributed by atoms with Crippen LogP contribution in [0.3, 0.4) is 0 Å². The summed E-state index contributed by atoms with van der Waals surface area (Å²) in [5.41, 5.74) is 0.241. The van der Waals surface area contributed by atoms with E-state index in [9.17, 15) is 13.2 Å².